The van der Waals surface area contributed by atoms with Gasteiger partial charge in [-0.15, -0.1) is 0 Å². The van der Waals surface area contributed by atoms with Gasteiger partial charge in [0.25, 0.3) is 0 Å². The first-order chi connectivity index (χ1) is 8.25. The quantitative estimate of drug-likeness (QED) is 0.798. The number of rotatable bonds is 5. The number of esters is 1. The van der Waals surface area contributed by atoms with Gasteiger partial charge in [0.2, 0.25) is 0 Å². The molecule has 4 heteroatoms. The molecule has 4 nitrogen and oxygen atoms in total. The minimum absolute atomic E-state index is 0.135. The number of nitrogens with one attached hydrogen (secondary N) is 1. The fourth-order valence-electron chi connectivity index (χ4n) is 2.02. The van der Waals surface area contributed by atoms with Gasteiger partial charge in [-0.25, -0.2) is 0 Å². The molecule has 1 heterocycles. The molecular formula is C13H19NO3. The average Bonchev–Trinajstić information content (AvgIpc) is 2.98. The summed E-state index contributed by atoms with van der Waals surface area (Å²) in [6.45, 7) is 2.37. The van der Waals surface area contributed by atoms with Gasteiger partial charge in [-0.2, -0.15) is 0 Å². The highest BCUT2D eigenvalue weighted by molar-refractivity contribution is 5.75. The van der Waals surface area contributed by atoms with Gasteiger partial charge in [0.15, 0.2) is 0 Å². The SMILES string of the molecule is C[C@H](NCc1ccco1)C(=O)OC1CCCC1. The van der Waals surface area contributed by atoms with Crippen molar-refractivity contribution in [3.63, 3.8) is 0 Å². The summed E-state index contributed by atoms with van der Waals surface area (Å²) in [5.74, 6) is 0.661. The Balaban J connectivity index is 1.71. The van der Waals surface area contributed by atoms with Crippen LogP contribution >= 0.6 is 0 Å². The number of carbonyl (C=O) groups excluding carboxylic acids is 1. The maximum atomic E-state index is 11.7. The second kappa shape index (κ2) is 5.87. The third-order valence-corrected chi connectivity index (χ3v) is 3.10. The molecule has 1 aromatic rings. The van der Waals surface area contributed by atoms with Crippen LogP contribution in [0.1, 0.15) is 38.4 Å². The molecule has 94 valence electrons. The molecule has 1 aromatic heterocycles. The van der Waals surface area contributed by atoms with Crippen molar-refractivity contribution in [1.29, 1.82) is 0 Å². The molecule has 0 amide bonds. The zero-order valence-corrected chi connectivity index (χ0v) is 10.1. The third-order valence-electron chi connectivity index (χ3n) is 3.10. The van der Waals surface area contributed by atoms with E-state index in [-0.39, 0.29) is 18.1 Å². The predicted octanol–water partition coefficient (Wildman–Crippen LogP) is 2.24. The van der Waals surface area contributed by atoms with E-state index in [1.165, 1.54) is 12.8 Å². The van der Waals surface area contributed by atoms with E-state index in [0.29, 0.717) is 6.54 Å². The van der Waals surface area contributed by atoms with Crippen LogP contribution in [-0.2, 0) is 16.1 Å². The van der Waals surface area contributed by atoms with Crippen molar-refractivity contribution in [1.82, 2.24) is 5.32 Å². The lowest BCUT2D eigenvalue weighted by Gasteiger charge is -2.16. The summed E-state index contributed by atoms with van der Waals surface area (Å²) in [5.41, 5.74) is 0. The van der Waals surface area contributed by atoms with Crippen molar-refractivity contribution < 1.29 is 13.9 Å². The van der Waals surface area contributed by atoms with Gasteiger partial charge in [-0.05, 0) is 44.7 Å². The van der Waals surface area contributed by atoms with Gasteiger partial charge in [-0.3, -0.25) is 10.1 Å². The Hall–Kier alpha value is -1.29. The molecule has 17 heavy (non-hydrogen) atoms. The van der Waals surface area contributed by atoms with Crippen molar-refractivity contribution in [2.45, 2.75) is 51.3 Å². The highest BCUT2D eigenvalue weighted by Crippen LogP contribution is 2.21. The maximum Gasteiger partial charge on any atom is 0.323 e. The lowest BCUT2D eigenvalue weighted by molar-refractivity contribution is -0.150. The molecule has 1 fully saturated rings. The topological polar surface area (TPSA) is 51.5 Å². The van der Waals surface area contributed by atoms with E-state index in [0.717, 1.165) is 18.6 Å². The molecule has 0 aromatic carbocycles. The van der Waals surface area contributed by atoms with Crippen LogP contribution in [-0.4, -0.2) is 18.1 Å². The van der Waals surface area contributed by atoms with Gasteiger partial charge in [0.1, 0.15) is 17.9 Å². The maximum absolute atomic E-state index is 11.7. The first kappa shape index (κ1) is 12.2. The molecule has 0 saturated heterocycles. The molecule has 0 aliphatic heterocycles. The largest absolute Gasteiger partial charge is 0.468 e. The highest BCUT2D eigenvalue weighted by atomic mass is 16.5. The molecule has 0 radical (unpaired) electrons. The van der Waals surface area contributed by atoms with E-state index in [4.69, 9.17) is 9.15 Å². The van der Waals surface area contributed by atoms with Crippen LogP contribution in [0.25, 0.3) is 0 Å². The minimum atomic E-state index is -0.291. The molecule has 1 atom stereocenters. The first-order valence-corrected chi connectivity index (χ1v) is 6.22. The van der Waals surface area contributed by atoms with E-state index in [1.54, 1.807) is 6.26 Å². The van der Waals surface area contributed by atoms with Gasteiger partial charge in [-0.1, -0.05) is 0 Å². The van der Waals surface area contributed by atoms with Crippen molar-refractivity contribution in [3.05, 3.63) is 24.2 Å². The summed E-state index contributed by atoms with van der Waals surface area (Å²) in [4.78, 5) is 11.7. The fourth-order valence-corrected chi connectivity index (χ4v) is 2.02. The Morgan fingerprint density at radius 1 is 1.59 bits per heavy atom. The van der Waals surface area contributed by atoms with E-state index in [1.807, 2.05) is 19.1 Å². The monoisotopic (exact) mass is 237 g/mol. The van der Waals surface area contributed by atoms with Crippen LogP contribution in [0.5, 0.6) is 0 Å². The van der Waals surface area contributed by atoms with Gasteiger partial charge in [0.05, 0.1) is 12.8 Å². The van der Waals surface area contributed by atoms with E-state index < -0.39 is 0 Å². The summed E-state index contributed by atoms with van der Waals surface area (Å²) >= 11 is 0. The normalized spacial score (nSPS) is 18.2. The lowest BCUT2D eigenvalue weighted by Crippen LogP contribution is -2.36. The number of ether oxygens (including phenoxy) is 1. The van der Waals surface area contributed by atoms with Crippen LogP contribution in [0.15, 0.2) is 22.8 Å². The van der Waals surface area contributed by atoms with Crippen molar-refractivity contribution in [2.75, 3.05) is 0 Å². The second-order valence-corrected chi connectivity index (χ2v) is 4.53. The van der Waals surface area contributed by atoms with Crippen molar-refractivity contribution >= 4 is 5.97 Å². The summed E-state index contributed by atoms with van der Waals surface area (Å²) in [6, 6.07) is 3.42. The highest BCUT2D eigenvalue weighted by Gasteiger charge is 2.22. The Morgan fingerprint density at radius 3 is 3.00 bits per heavy atom. The first-order valence-electron chi connectivity index (χ1n) is 6.22. The van der Waals surface area contributed by atoms with Crippen LogP contribution < -0.4 is 5.32 Å². The number of carbonyl (C=O) groups is 1. The Labute approximate surface area is 101 Å². The van der Waals surface area contributed by atoms with E-state index in [2.05, 4.69) is 5.32 Å². The van der Waals surface area contributed by atoms with Gasteiger partial charge < -0.3 is 9.15 Å². The van der Waals surface area contributed by atoms with Gasteiger partial charge >= 0.3 is 5.97 Å². The van der Waals surface area contributed by atoms with Gasteiger partial charge in [0, 0.05) is 0 Å². The van der Waals surface area contributed by atoms with Crippen molar-refractivity contribution in [2.24, 2.45) is 0 Å². The fraction of sp³-hybridized carbons (Fsp3) is 0.615. The molecule has 2 rings (SSSR count). The minimum Gasteiger partial charge on any atom is -0.468 e. The number of furan rings is 1. The third kappa shape index (κ3) is 3.60. The molecular weight excluding hydrogens is 218 g/mol. The Morgan fingerprint density at radius 2 is 2.35 bits per heavy atom. The second-order valence-electron chi connectivity index (χ2n) is 4.53. The van der Waals surface area contributed by atoms with Crippen LogP contribution in [0.4, 0.5) is 0 Å². The zero-order chi connectivity index (χ0) is 12.1. The zero-order valence-electron chi connectivity index (χ0n) is 10.1. The average molecular weight is 237 g/mol. The standard InChI is InChI=1S/C13H19NO3/c1-10(14-9-12-7-4-8-16-12)13(15)17-11-5-2-3-6-11/h4,7-8,10-11,14H,2-3,5-6,9H2,1H3/t10-/m0/s1. The number of hydrogen-bond donors (Lipinski definition) is 1. The summed E-state index contributed by atoms with van der Waals surface area (Å²) < 4.78 is 10.6. The molecule has 1 aliphatic rings. The Kier molecular flexibility index (Phi) is 4.20. The molecule has 0 unspecified atom stereocenters. The van der Waals surface area contributed by atoms with Crippen LogP contribution in [0, 0.1) is 0 Å². The van der Waals surface area contributed by atoms with Crippen LogP contribution in [0.2, 0.25) is 0 Å². The van der Waals surface area contributed by atoms with E-state index >= 15 is 0 Å². The number of hydrogen-bond acceptors (Lipinski definition) is 4. The predicted molar refractivity (Wildman–Crippen MR) is 63.4 cm³/mol. The Bertz CT molecular complexity index is 342. The molecule has 1 N–H and O–H groups in total. The van der Waals surface area contributed by atoms with Crippen molar-refractivity contribution in [3.8, 4) is 0 Å². The smallest absolute Gasteiger partial charge is 0.323 e. The summed E-state index contributed by atoms with van der Waals surface area (Å²) in [6.07, 6.45) is 6.12. The van der Waals surface area contributed by atoms with Crippen LogP contribution in [0.3, 0.4) is 0 Å². The lowest BCUT2D eigenvalue weighted by atomic mass is 10.3. The summed E-state index contributed by atoms with van der Waals surface area (Å²) in [7, 11) is 0. The molecule has 0 bridgehead atoms. The molecule has 1 aliphatic carbocycles. The summed E-state index contributed by atoms with van der Waals surface area (Å²) in [5, 5.41) is 3.09. The van der Waals surface area contributed by atoms with E-state index in [9.17, 15) is 4.79 Å². The molecule has 0 spiro atoms. The molecule has 1 saturated carbocycles.